The fraction of sp³-hybridized carbons (Fsp3) is 0.0741. The molecule has 5 aromatic rings. The van der Waals surface area contributed by atoms with Crippen LogP contribution in [0.4, 0.5) is 11.4 Å². The van der Waals surface area contributed by atoms with E-state index in [1.54, 1.807) is 34.9 Å². The number of thiophene rings is 1. The number of carbonyl (C=O) groups is 2. The number of hydrogen-bond donors (Lipinski definition) is 3. The predicted octanol–water partition coefficient (Wildman–Crippen LogP) is 5.64. The van der Waals surface area contributed by atoms with Gasteiger partial charge in [0.05, 0.1) is 10.2 Å². The SMILES string of the molecule is Cc1ccc2nc(-c3ccc(NC(=O)COC(=O)c4cc(NS(=O)(=O)c5cccs5)ccc4O)cc3)sc2c1. The van der Waals surface area contributed by atoms with Gasteiger partial charge in [-0.15, -0.1) is 22.7 Å². The molecule has 3 aromatic carbocycles. The molecule has 0 spiro atoms. The molecule has 0 aliphatic rings. The first-order valence-corrected chi connectivity index (χ1v) is 14.7. The number of benzene rings is 3. The molecule has 0 saturated heterocycles. The third-order valence-corrected chi connectivity index (χ3v) is 9.37. The summed E-state index contributed by atoms with van der Waals surface area (Å²) in [6.45, 7) is 1.42. The van der Waals surface area contributed by atoms with Gasteiger partial charge in [0.25, 0.3) is 15.9 Å². The van der Waals surface area contributed by atoms with Gasteiger partial charge >= 0.3 is 5.97 Å². The number of phenolic OH excluding ortho intramolecular Hbond substituents is 1. The number of thiazole rings is 1. The van der Waals surface area contributed by atoms with E-state index >= 15 is 0 Å². The van der Waals surface area contributed by atoms with Crippen LogP contribution in [0.2, 0.25) is 0 Å². The minimum Gasteiger partial charge on any atom is -0.507 e. The highest BCUT2D eigenvalue weighted by Crippen LogP contribution is 2.31. The minimum absolute atomic E-state index is 0.0564. The topological polar surface area (TPSA) is 135 Å². The van der Waals surface area contributed by atoms with Crippen LogP contribution in [-0.2, 0) is 19.6 Å². The number of amides is 1. The number of aromatic nitrogens is 1. The Bertz CT molecular complexity index is 1780. The molecule has 1 amide bonds. The monoisotopic (exact) mass is 579 g/mol. The van der Waals surface area contributed by atoms with Crippen LogP contribution < -0.4 is 10.0 Å². The van der Waals surface area contributed by atoms with Crippen molar-refractivity contribution in [3.63, 3.8) is 0 Å². The number of nitrogens with zero attached hydrogens (tertiary/aromatic N) is 1. The third-order valence-electron chi connectivity index (χ3n) is 5.52. The van der Waals surface area contributed by atoms with Crippen molar-refractivity contribution in [2.75, 3.05) is 16.6 Å². The summed E-state index contributed by atoms with van der Waals surface area (Å²) in [6, 6.07) is 19.9. The highest BCUT2D eigenvalue weighted by molar-refractivity contribution is 7.94. The number of ether oxygens (including phenoxy) is 1. The molecule has 39 heavy (non-hydrogen) atoms. The number of aryl methyl sites for hydroxylation is 1. The summed E-state index contributed by atoms with van der Waals surface area (Å²) in [5, 5.41) is 15.2. The lowest BCUT2D eigenvalue weighted by Crippen LogP contribution is -2.21. The summed E-state index contributed by atoms with van der Waals surface area (Å²) in [5.41, 5.74) is 3.27. The summed E-state index contributed by atoms with van der Waals surface area (Å²) in [4.78, 5) is 29.5. The lowest BCUT2D eigenvalue weighted by molar-refractivity contribution is -0.119. The molecule has 0 saturated carbocycles. The Morgan fingerprint density at radius 2 is 1.77 bits per heavy atom. The van der Waals surface area contributed by atoms with E-state index in [2.05, 4.69) is 21.1 Å². The average molecular weight is 580 g/mol. The van der Waals surface area contributed by atoms with Crippen molar-refractivity contribution in [2.24, 2.45) is 0 Å². The normalized spacial score (nSPS) is 11.3. The molecule has 3 N–H and O–H groups in total. The van der Waals surface area contributed by atoms with Crippen LogP contribution in [0.25, 0.3) is 20.8 Å². The molecule has 0 aliphatic heterocycles. The Balaban J connectivity index is 1.19. The number of fused-ring (bicyclic) bond motifs is 1. The van der Waals surface area contributed by atoms with Crippen LogP contribution >= 0.6 is 22.7 Å². The van der Waals surface area contributed by atoms with E-state index in [4.69, 9.17) is 4.74 Å². The van der Waals surface area contributed by atoms with Gasteiger partial charge in [0.15, 0.2) is 6.61 Å². The number of hydrogen-bond acceptors (Lipinski definition) is 9. The molecule has 0 radical (unpaired) electrons. The van der Waals surface area contributed by atoms with E-state index in [-0.39, 0.29) is 15.5 Å². The largest absolute Gasteiger partial charge is 0.507 e. The number of rotatable bonds is 8. The number of esters is 1. The lowest BCUT2D eigenvalue weighted by atomic mass is 10.2. The van der Waals surface area contributed by atoms with Crippen molar-refractivity contribution in [1.82, 2.24) is 4.98 Å². The molecule has 2 aromatic heterocycles. The average Bonchev–Trinajstić information content (AvgIpc) is 3.59. The van der Waals surface area contributed by atoms with Crippen molar-refractivity contribution in [3.05, 3.63) is 89.3 Å². The van der Waals surface area contributed by atoms with Crippen molar-refractivity contribution < 1.29 is 27.9 Å². The standard InChI is InChI=1S/C27H21N3O6S3/c1-16-4-10-21-23(13-16)38-26(29-21)17-5-7-18(8-6-17)28-24(32)15-36-27(33)20-14-19(9-11-22(20)31)30-39(34,35)25-3-2-12-37-25/h2-14,30-31H,15H2,1H3,(H,28,32). The maximum Gasteiger partial charge on any atom is 0.342 e. The second-order valence-electron chi connectivity index (χ2n) is 8.46. The van der Waals surface area contributed by atoms with Gasteiger partial charge in [0.2, 0.25) is 0 Å². The Morgan fingerprint density at radius 3 is 2.51 bits per heavy atom. The van der Waals surface area contributed by atoms with E-state index in [0.29, 0.717) is 5.69 Å². The smallest absolute Gasteiger partial charge is 0.342 e. The van der Waals surface area contributed by atoms with Crippen molar-refractivity contribution in [3.8, 4) is 16.3 Å². The Labute approximate surface area is 231 Å². The molecule has 0 aliphatic carbocycles. The molecule has 0 atom stereocenters. The van der Waals surface area contributed by atoms with Crippen molar-refractivity contribution in [2.45, 2.75) is 11.1 Å². The molecular formula is C27H21N3O6S3. The van der Waals surface area contributed by atoms with E-state index in [1.165, 1.54) is 12.1 Å². The minimum atomic E-state index is -3.85. The van der Waals surface area contributed by atoms with E-state index in [0.717, 1.165) is 49.8 Å². The first-order valence-electron chi connectivity index (χ1n) is 11.5. The van der Waals surface area contributed by atoms with Gasteiger partial charge < -0.3 is 15.2 Å². The first kappa shape index (κ1) is 26.4. The van der Waals surface area contributed by atoms with E-state index in [9.17, 15) is 23.1 Å². The Kier molecular flexibility index (Phi) is 7.33. The van der Waals surface area contributed by atoms with E-state index < -0.39 is 34.3 Å². The number of nitrogens with one attached hydrogen (secondary N) is 2. The zero-order valence-corrected chi connectivity index (χ0v) is 22.8. The zero-order chi connectivity index (χ0) is 27.6. The molecule has 5 rings (SSSR count). The van der Waals surface area contributed by atoms with Gasteiger partial charge in [-0.3, -0.25) is 9.52 Å². The Hall–Kier alpha value is -4.26. The lowest BCUT2D eigenvalue weighted by Gasteiger charge is -2.10. The van der Waals surface area contributed by atoms with E-state index in [1.807, 2.05) is 31.2 Å². The second kappa shape index (κ2) is 10.8. The fourth-order valence-corrected chi connectivity index (χ4v) is 6.75. The predicted molar refractivity (Wildman–Crippen MR) is 152 cm³/mol. The van der Waals surface area contributed by atoms with Gasteiger partial charge in [0, 0.05) is 16.9 Å². The van der Waals surface area contributed by atoms with Gasteiger partial charge in [-0.2, -0.15) is 0 Å². The summed E-state index contributed by atoms with van der Waals surface area (Å²) < 4.78 is 33.5. The number of anilines is 2. The Morgan fingerprint density at radius 1 is 1.00 bits per heavy atom. The summed E-state index contributed by atoms with van der Waals surface area (Å²) in [6.07, 6.45) is 0. The highest BCUT2D eigenvalue weighted by atomic mass is 32.2. The van der Waals surface area contributed by atoms with Crippen LogP contribution in [-0.4, -0.2) is 37.0 Å². The first-order chi connectivity index (χ1) is 18.7. The number of sulfonamides is 1. The molecule has 12 heteroatoms. The second-order valence-corrected chi connectivity index (χ2v) is 12.3. The zero-order valence-electron chi connectivity index (χ0n) is 20.4. The molecule has 2 heterocycles. The maximum atomic E-state index is 12.5. The summed E-state index contributed by atoms with van der Waals surface area (Å²) >= 11 is 2.62. The molecule has 0 unspecified atom stereocenters. The maximum absolute atomic E-state index is 12.5. The quantitative estimate of drug-likeness (QED) is 0.160. The van der Waals surface area contributed by atoms with Crippen LogP contribution in [0.1, 0.15) is 15.9 Å². The summed E-state index contributed by atoms with van der Waals surface area (Å²) in [5.74, 6) is -1.98. The summed E-state index contributed by atoms with van der Waals surface area (Å²) in [7, 11) is -3.85. The number of phenols is 1. The number of carbonyl (C=O) groups excluding carboxylic acids is 2. The van der Waals surface area contributed by atoms with Crippen LogP contribution in [0.5, 0.6) is 5.75 Å². The highest BCUT2D eigenvalue weighted by Gasteiger charge is 2.19. The van der Waals surface area contributed by atoms with Gasteiger partial charge in [-0.25, -0.2) is 18.2 Å². The van der Waals surface area contributed by atoms with Crippen LogP contribution in [0.3, 0.4) is 0 Å². The third kappa shape index (κ3) is 6.08. The van der Waals surface area contributed by atoms with Crippen molar-refractivity contribution >= 4 is 66.2 Å². The van der Waals surface area contributed by atoms with Crippen LogP contribution in [0, 0.1) is 6.92 Å². The molecule has 9 nitrogen and oxygen atoms in total. The van der Waals surface area contributed by atoms with Crippen LogP contribution in [0.15, 0.2) is 82.4 Å². The molecular weight excluding hydrogens is 559 g/mol. The molecule has 198 valence electrons. The molecule has 0 bridgehead atoms. The van der Waals surface area contributed by atoms with Crippen molar-refractivity contribution in [1.29, 1.82) is 0 Å². The van der Waals surface area contributed by atoms with Gasteiger partial charge in [-0.05, 0) is 78.5 Å². The molecule has 0 fully saturated rings. The number of aromatic hydroxyl groups is 1. The van der Waals surface area contributed by atoms with Gasteiger partial charge in [-0.1, -0.05) is 12.1 Å². The van der Waals surface area contributed by atoms with Gasteiger partial charge in [0.1, 0.15) is 20.5 Å². The fourth-order valence-electron chi connectivity index (χ4n) is 3.64.